The number of nitrogens with one attached hydrogen (secondary N) is 1. The van der Waals surface area contributed by atoms with Crippen LogP contribution in [0.25, 0.3) is 0 Å². The fraction of sp³-hybridized carbons (Fsp3) is 0.818. The molecule has 1 fully saturated rings. The Bertz CT molecular complexity index is 292. The van der Waals surface area contributed by atoms with Crippen LogP contribution in [-0.4, -0.2) is 49.1 Å². The van der Waals surface area contributed by atoms with Crippen molar-refractivity contribution in [3.05, 3.63) is 0 Å². The van der Waals surface area contributed by atoms with Crippen LogP contribution in [0.4, 0.5) is 0 Å². The van der Waals surface area contributed by atoms with Crippen molar-refractivity contribution in [2.24, 2.45) is 11.6 Å². The zero-order chi connectivity index (χ0) is 13.5. The summed E-state index contributed by atoms with van der Waals surface area (Å²) in [6.45, 7) is 0.235. The van der Waals surface area contributed by atoms with E-state index in [1.165, 1.54) is 7.11 Å². The zero-order valence-corrected chi connectivity index (χ0v) is 10.7. The lowest BCUT2D eigenvalue weighted by Gasteiger charge is -2.33. The Kier molecular flexibility index (Phi) is 6.03. The number of carbonyl (C=O) groups excluding carboxylic acids is 2. The van der Waals surface area contributed by atoms with E-state index in [9.17, 15) is 9.59 Å². The SMILES string of the molecule is COCC(C(=O)NN)N(CC(N)=O)C1CCCC1. The van der Waals surface area contributed by atoms with Gasteiger partial charge in [-0.2, -0.15) is 0 Å². The van der Waals surface area contributed by atoms with Crippen LogP contribution in [0, 0.1) is 0 Å². The van der Waals surface area contributed by atoms with E-state index in [1.54, 1.807) is 4.90 Å². The van der Waals surface area contributed by atoms with Crippen LogP contribution in [-0.2, 0) is 14.3 Å². The third-order valence-electron chi connectivity index (χ3n) is 3.30. The number of rotatable bonds is 7. The lowest BCUT2D eigenvalue weighted by atomic mass is 10.1. The summed E-state index contributed by atoms with van der Waals surface area (Å²) in [4.78, 5) is 24.7. The van der Waals surface area contributed by atoms with E-state index in [2.05, 4.69) is 5.43 Å². The lowest BCUT2D eigenvalue weighted by molar-refractivity contribution is -0.131. The Morgan fingerprint density at radius 2 is 2.06 bits per heavy atom. The summed E-state index contributed by atoms with van der Waals surface area (Å²) < 4.78 is 5.04. The van der Waals surface area contributed by atoms with Crippen molar-refractivity contribution in [3.63, 3.8) is 0 Å². The molecule has 1 unspecified atom stereocenters. The highest BCUT2D eigenvalue weighted by molar-refractivity contribution is 5.83. The van der Waals surface area contributed by atoms with Gasteiger partial charge in [-0.25, -0.2) is 5.84 Å². The molecule has 7 heteroatoms. The van der Waals surface area contributed by atoms with E-state index in [0.29, 0.717) is 0 Å². The molecule has 0 aromatic carbocycles. The summed E-state index contributed by atoms with van der Waals surface area (Å²) in [6, 6.07) is -0.384. The standard InChI is InChI=1S/C11H22N4O3/c1-18-7-9(11(17)14-13)15(6-10(12)16)8-4-2-3-5-8/h8-9H,2-7,13H2,1H3,(H2,12,16)(H,14,17). The topological polar surface area (TPSA) is 111 Å². The summed E-state index contributed by atoms with van der Waals surface area (Å²) in [7, 11) is 1.51. The first kappa shape index (κ1) is 14.9. The maximum atomic E-state index is 11.8. The van der Waals surface area contributed by atoms with Crippen LogP contribution in [0.5, 0.6) is 0 Å². The van der Waals surface area contributed by atoms with Crippen molar-refractivity contribution < 1.29 is 14.3 Å². The predicted molar refractivity (Wildman–Crippen MR) is 66.2 cm³/mol. The highest BCUT2D eigenvalue weighted by atomic mass is 16.5. The van der Waals surface area contributed by atoms with E-state index in [0.717, 1.165) is 25.7 Å². The van der Waals surface area contributed by atoms with Gasteiger partial charge in [0.15, 0.2) is 0 Å². The Morgan fingerprint density at radius 1 is 1.44 bits per heavy atom. The molecule has 1 aliphatic rings. The predicted octanol–water partition coefficient (Wildman–Crippen LogP) is -1.28. The zero-order valence-electron chi connectivity index (χ0n) is 10.7. The summed E-state index contributed by atoms with van der Waals surface area (Å²) in [5.41, 5.74) is 7.37. The van der Waals surface area contributed by atoms with E-state index in [4.69, 9.17) is 16.3 Å². The summed E-state index contributed by atoms with van der Waals surface area (Å²) in [5, 5.41) is 0. The molecule has 0 aromatic rings. The van der Waals surface area contributed by atoms with Crippen LogP contribution >= 0.6 is 0 Å². The number of nitrogens with two attached hydrogens (primary N) is 2. The van der Waals surface area contributed by atoms with E-state index < -0.39 is 11.9 Å². The van der Waals surface area contributed by atoms with Gasteiger partial charge in [-0.3, -0.25) is 19.9 Å². The molecule has 104 valence electrons. The molecule has 1 atom stereocenters. The fourth-order valence-corrected chi connectivity index (χ4v) is 2.49. The minimum Gasteiger partial charge on any atom is -0.383 e. The molecule has 0 aromatic heterocycles. The highest BCUT2D eigenvalue weighted by Crippen LogP contribution is 2.25. The molecule has 0 spiro atoms. The van der Waals surface area contributed by atoms with E-state index in [-0.39, 0.29) is 25.1 Å². The monoisotopic (exact) mass is 258 g/mol. The van der Waals surface area contributed by atoms with Gasteiger partial charge < -0.3 is 10.5 Å². The third kappa shape index (κ3) is 3.94. The van der Waals surface area contributed by atoms with Gasteiger partial charge in [0, 0.05) is 13.2 Å². The number of methoxy groups -OCH3 is 1. The minimum absolute atomic E-state index is 0.0477. The molecular weight excluding hydrogens is 236 g/mol. The van der Waals surface area contributed by atoms with Crippen molar-refractivity contribution in [1.82, 2.24) is 10.3 Å². The van der Waals surface area contributed by atoms with Crippen LogP contribution in [0.1, 0.15) is 25.7 Å². The molecule has 1 saturated carbocycles. The Labute approximate surface area is 107 Å². The Hall–Kier alpha value is -1.18. The molecule has 5 N–H and O–H groups in total. The van der Waals surface area contributed by atoms with Crippen molar-refractivity contribution >= 4 is 11.8 Å². The Morgan fingerprint density at radius 3 is 2.50 bits per heavy atom. The van der Waals surface area contributed by atoms with E-state index >= 15 is 0 Å². The van der Waals surface area contributed by atoms with Gasteiger partial charge in [-0.05, 0) is 12.8 Å². The Balaban J connectivity index is 2.81. The number of primary amides is 1. The third-order valence-corrected chi connectivity index (χ3v) is 3.30. The number of hydrogen-bond donors (Lipinski definition) is 3. The molecule has 0 aliphatic heterocycles. The van der Waals surface area contributed by atoms with Crippen LogP contribution in [0.2, 0.25) is 0 Å². The highest BCUT2D eigenvalue weighted by Gasteiger charge is 2.33. The maximum Gasteiger partial charge on any atom is 0.253 e. The molecule has 2 amide bonds. The second-order valence-electron chi connectivity index (χ2n) is 4.56. The number of ether oxygens (including phenoxy) is 1. The minimum atomic E-state index is -0.574. The molecule has 7 nitrogen and oxygen atoms in total. The second kappa shape index (κ2) is 7.30. The second-order valence-corrected chi connectivity index (χ2v) is 4.56. The van der Waals surface area contributed by atoms with Gasteiger partial charge >= 0.3 is 0 Å². The molecule has 0 saturated heterocycles. The fourth-order valence-electron chi connectivity index (χ4n) is 2.49. The van der Waals surface area contributed by atoms with Crippen molar-refractivity contribution in [2.45, 2.75) is 37.8 Å². The van der Waals surface area contributed by atoms with Crippen molar-refractivity contribution in [1.29, 1.82) is 0 Å². The summed E-state index contributed by atoms with van der Waals surface area (Å²) >= 11 is 0. The van der Waals surface area contributed by atoms with Gasteiger partial charge in [0.05, 0.1) is 13.2 Å². The normalized spacial score (nSPS) is 17.9. The first-order valence-corrected chi connectivity index (χ1v) is 6.13. The van der Waals surface area contributed by atoms with Crippen LogP contribution in [0.3, 0.4) is 0 Å². The van der Waals surface area contributed by atoms with Gasteiger partial charge in [-0.1, -0.05) is 12.8 Å². The number of nitrogens with zero attached hydrogens (tertiary/aromatic N) is 1. The number of hydrazine groups is 1. The maximum absolute atomic E-state index is 11.8. The number of hydrogen-bond acceptors (Lipinski definition) is 5. The molecule has 1 aliphatic carbocycles. The van der Waals surface area contributed by atoms with Crippen molar-refractivity contribution in [3.8, 4) is 0 Å². The first-order valence-electron chi connectivity index (χ1n) is 6.13. The van der Waals surface area contributed by atoms with Gasteiger partial charge in [0.1, 0.15) is 6.04 Å². The van der Waals surface area contributed by atoms with Gasteiger partial charge in [0.25, 0.3) is 5.91 Å². The quantitative estimate of drug-likeness (QED) is 0.299. The lowest BCUT2D eigenvalue weighted by Crippen LogP contribution is -2.56. The van der Waals surface area contributed by atoms with Crippen LogP contribution in [0.15, 0.2) is 0 Å². The molecular formula is C11H22N4O3. The molecule has 0 bridgehead atoms. The summed E-state index contributed by atoms with van der Waals surface area (Å²) in [6.07, 6.45) is 4.13. The smallest absolute Gasteiger partial charge is 0.253 e. The van der Waals surface area contributed by atoms with Gasteiger partial charge in [-0.15, -0.1) is 0 Å². The van der Waals surface area contributed by atoms with E-state index in [1.807, 2.05) is 0 Å². The average molecular weight is 258 g/mol. The van der Waals surface area contributed by atoms with Crippen molar-refractivity contribution in [2.75, 3.05) is 20.3 Å². The molecule has 0 heterocycles. The molecule has 1 rings (SSSR count). The summed E-state index contributed by atoms with van der Waals surface area (Å²) in [5.74, 6) is 4.36. The first-order chi connectivity index (χ1) is 8.60. The van der Waals surface area contributed by atoms with Gasteiger partial charge in [0.2, 0.25) is 5.91 Å². The largest absolute Gasteiger partial charge is 0.383 e. The van der Waals surface area contributed by atoms with Crippen LogP contribution < -0.4 is 17.0 Å². The number of amides is 2. The molecule has 18 heavy (non-hydrogen) atoms. The number of carbonyl (C=O) groups is 2. The molecule has 0 radical (unpaired) electrons. The average Bonchev–Trinajstić information content (AvgIpc) is 2.86.